The molecular weight excluding hydrogens is 256 g/mol. The number of aromatic carboxylic acids is 1. The zero-order chi connectivity index (χ0) is 14.5. The van der Waals surface area contributed by atoms with E-state index in [4.69, 9.17) is 5.11 Å². The van der Waals surface area contributed by atoms with Crippen LogP contribution in [0.5, 0.6) is 0 Å². The van der Waals surface area contributed by atoms with Crippen molar-refractivity contribution in [2.75, 3.05) is 5.32 Å². The molecule has 0 saturated heterocycles. The maximum Gasteiger partial charge on any atom is 0.335 e. The third-order valence-electron chi connectivity index (χ3n) is 3.01. The lowest BCUT2D eigenvalue weighted by Gasteiger charge is -2.13. The van der Waals surface area contributed by atoms with Crippen molar-refractivity contribution in [3.63, 3.8) is 0 Å². The largest absolute Gasteiger partial charge is 0.478 e. The van der Waals surface area contributed by atoms with E-state index in [1.54, 1.807) is 12.1 Å². The second kappa shape index (κ2) is 6.06. The van der Waals surface area contributed by atoms with Gasteiger partial charge in [-0.25, -0.2) is 4.79 Å². The van der Waals surface area contributed by atoms with Gasteiger partial charge in [0.05, 0.1) is 5.56 Å². The van der Waals surface area contributed by atoms with Gasteiger partial charge in [0.2, 0.25) is 5.91 Å². The second-order valence-electron chi connectivity index (χ2n) is 4.62. The number of nitrogens with one attached hydrogen (secondary N) is 1. The Morgan fingerprint density at radius 3 is 2.60 bits per heavy atom. The molecule has 1 amide bonds. The van der Waals surface area contributed by atoms with E-state index in [0.29, 0.717) is 12.1 Å². The highest BCUT2D eigenvalue weighted by Crippen LogP contribution is 2.14. The number of aromatic nitrogens is 1. The molecule has 2 rings (SSSR count). The molecule has 0 radical (unpaired) electrons. The molecule has 2 N–H and O–H groups in total. The average molecular weight is 272 g/mol. The SMILES string of the molecule is C[C@H](CC(=O)Nc1cccc(C(=O)O)c1)n1cccc1. The van der Waals surface area contributed by atoms with E-state index >= 15 is 0 Å². The lowest BCUT2D eigenvalue weighted by molar-refractivity contribution is -0.116. The normalized spacial score (nSPS) is 11.8. The fourth-order valence-electron chi connectivity index (χ4n) is 1.96. The van der Waals surface area contributed by atoms with Crippen LogP contribution in [-0.4, -0.2) is 21.6 Å². The van der Waals surface area contributed by atoms with Crippen LogP contribution in [0.15, 0.2) is 48.8 Å². The summed E-state index contributed by atoms with van der Waals surface area (Å²) in [6.45, 7) is 1.95. The van der Waals surface area contributed by atoms with Gasteiger partial charge in [-0.1, -0.05) is 6.07 Å². The smallest absolute Gasteiger partial charge is 0.335 e. The van der Waals surface area contributed by atoms with Crippen molar-refractivity contribution in [3.05, 3.63) is 54.4 Å². The van der Waals surface area contributed by atoms with Crippen LogP contribution < -0.4 is 5.32 Å². The molecule has 1 aromatic heterocycles. The fourth-order valence-corrected chi connectivity index (χ4v) is 1.96. The third-order valence-corrected chi connectivity index (χ3v) is 3.01. The quantitative estimate of drug-likeness (QED) is 0.879. The van der Waals surface area contributed by atoms with Gasteiger partial charge in [0, 0.05) is 30.5 Å². The Morgan fingerprint density at radius 2 is 1.95 bits per heavy atom. The van der Waals surface area contributed by atoms with Gasteiger partial charge in [0.1, 0.15) is 0 Å². The molecule has 0 bridgehead atoms. The Hall–Kier alpha value is -2.56. The van der Waals surface area contributed by atoms with Crippen molar-refractivity contribution < 1.29 is 14.7 Å². The van der Waals surface area contributed by atoms with Gasteiger partial charge in [-0.2, -0.15) is 0 Å². The highest BCUT2D eigenvalue weighted by Gasteiger charge is 2.11. The Morgan fingerprint density at radius 1 is 1.25 bits per heavy atom. The molecule has 0 aliphatic carbocycles. The van der Waals surface area contributed by atoms with Gasteiger partial charge in [-0.3, -0.25) is 4.79 Å². The summed E-state index contributed by atoms with van der Waals surface area (Å²) in [6.07, 6.45) is 4.14. The van der Waals surface area contributed by atoms with Gasteiger partial charge in [-0.15, -0.1) is 0 Å². The van der Waals surface area contributed by atoms with Gasteiger partial charge in [0.25, 0.3) is 0 Å². The van der Waals surface area contributed by atoms with Crippen molar-refractivity contribution >= 4 is 17.6 Å². The third kappa shape index (κ3) is 3.47. The van der Waals surface area contributed by atoms with Crippen LogP contribution >= 0.6 is 0 Å². The molecule has 0 fully saturated rings. The Kier molecular flexibility index (Phi) is 4.20. The molecule has 1 aromatic carbocycles. The van der Waals surface area contributed by atoms with Crippen LogP contribution in [-0.2, 0) is 4.79 Å². The first-order valence-corrected chi connectivity index (χ1v) is 6.32. The summed E-state index contributed by atoms with van der Waals surface area (Å²) in [5.74, 6) is -1.16. The first-order valence-electron chi connectivity index (χ1n) is 6.32. The number of carbonyl (C=O) groups excluding carboxylic acids is 1. The molecule has 104 valence electrons. The number of benzene rings is 1. The van der Waals surface area contributed by atoms with E-state index in [2.05, 4.69) is 5.32 Å². The van der Waals surface area contributed by atoms with E-state index in [0.717, 1.165) is 0 Å². The summed E-state index contributed by atoms with van der Waals surface area (Å²) in [6, 6.07) is 10.1. The van der Waals surface area contributed by atoms with Crippen molar-refractivity contribution in [2.24, 2.45) is 0 Å². The Labute approximate surface area is 116 Å². The van der Waals surface area contributed by atoms with E-state index in [1.807, 2.05) is 36.0 Å². The molecule has 2 aromatic rings. The number of hydrogen-bond acceptors (Lipinski definition) is 2. The highest BCUT2D eigenvalue weighted by molar-refractivity contribution is 5.94. The fraction of sp³-hybridized carbons (Fsp3) is 0.200. The molecule has 5 nitrogen and oxygen atoms in total. The van der Waals surface area contributed by atoms with Crippen LogP contribution in [0.3, 0.4) is 0 Å². The first kappa shape index (κ1) is 13.9. The minimum atomic E-state index is -1.01. The van der Waals surface area contributed by atoms with Crippen LogP contribution in [0.25, 0.3) is 0 Å². The van der Waals surface area contributed by atoms with Crippen molar-refractivity contribution in [1.82, 2.24) is 4.57 Å². The van der Waals surface area contributed by atoms with Crippen LogP contribution in [0.4, 0.5) is 5.69 Å². The molecule has 0 aliphatic heterocycles. The molecule has 5 heteroatoms. The summed E-state index contributed by atoms with van der Waals surface area (Å²) in [5.41, 5.74) is 0.649. The molecule has 1 atom stereocenters. The van der Waals surface area contributed by atoms with Crippen LogP contribution in [0.1, 0.15) is 29.7 Å². The summed E-state index contributed by atoms with van der Waals surface area (Å²) >= 11 is 0. The van der Waals surface area contributed by atoms with Crippen molar-refractivity contribution in [2.45, 2.75) is 19.4 Å². The zero-order valence-electron chi connectivity index (χ0n) is 11.1. The van der Waals surface area contributed by atoms with Gasteiger partial charge in [0.15, 0.2) is 0 Å². The predicted molar refractivity (Wildman–Crippen MR) is 75.8 cm³/mol. The monoisotopic (exact) mass is 272 g/mol. The first-order chi connectivity index (χ1) is 9.56. The molecule has 0 aliphatic rings. The van der Waals surface area contributed by atoms with Crippen LogP contribution in [0, 0.1) is 0 Å². The summed E-state index contributed by atoms with van der Waals surface area (Å²) in [5, 5.41) is 11.6. The number of amides is 1. The van der Waals surface area contributed by atoms with Crippen molar-refractivity contribution in [1.29, 1.82) is 0 Å². The molecule has 0 unspecified atom stereocenters. The molecule has 1 heterocycles. The van der Waals surface area contributed by atoms with Crippen LogP contribution in [0.2, 0.25) is 0 Å². The average Bonchev–Trinajstić information content (AvgIpc) is 2.92. The van der Waals surface area contributed by atoms with E-state index < -0.39 is 5.97 Å². The minimum Gasteiger partial charge on any atom is -0.478 e. The maximum atomic E-state index is 11.9. The van der Waals surface area contributed by atoms with Gasteiger partial charge in [-0.05, 0) is 37.3 Å². The lowest BCUT2D eigenvalue weighted by Crippen LogP contribution is -2.17. The number of carboxylic acids is 1. The van der Waals surface area contributed by atoms with Crippen molar-refractivity contribution in [3.8, 4) is 0 Å². The van der Waals surface area contributed by atoms with E-state index in [-0.39, 0.29) is 17.5 Å². The van der Waals surface area contributed by atoms with E-state index in [9.17, 15) is 9.59 Å². The molecule has 20 heavy (non-hydrogen) atoms. The standard InChI is InChI=1S/C15H16N2O3/c1-11(17-7-2-3-8-17)9-14(18)16-13-6-4-5-12(10-13)15(19)20/h2-8,10-11H,9H2,1H3,(H,16,18)(H,19,20)/t11-/m1/s1. The van der Waals surface area contributed by atoms with E-state index in [1.165, 1.54) is 12.1 Å². The summed E-state index contributed by atoms with van der Waals surface area (Å²) in [7, 11) is 0. The lowest BCUT2D eigenvalue weighted by atomic mass is 10.2. The zero-order valence-corrected chi connectivity index (χ0v) is 11.1. The predicted octanol–water partition coefficient (Wildman–Crippen LogP) is 2.78. The highest BCUT2D eigenvalue weighted by atomic mass is 16.4. The number of carbonyl (C=O) groups is 2. The Balaban J connectivity index is 1.98. The minimum absolute atomic E-state index is 0.0488. The topological polar surface area (TPSA) is 71.3 Å². The second-order valence-corrected chi connectivity index (χ2v) is 4.62. The van der Waals surface area contributed by atoms with Gasteiger partial charge >= 0.3 is 5.97 Å². The molecule has 0 saturated carbocycles. The Bertz CT molecular complexity index is 605. The molecule has 0 spiro atoms. The number of hydrogen-bond donors (Lipinski definition) is 2. The summed E-state index contributed by atoms with van der Waals surface area (Å²) < 4.78 is 1.95. The number of rotatable bonds is 5. The number of anilines is 1. The maximum absolute atomic E-state index is 11.9. The number of carboxylic acid groups (broad SMARTS) is 1. The molecular formula is C15H16N2O3. The summed E-state index contributed by atoms with van der Waals surface area (Å²) in [4.78, 5) is 22.8. The number of nitrogens with zero attached hydrogens (tertiary/aromatic N) is 1. The van der Waals surface area contributed by atoms with Gasteiger partial charge < -0.3 is 15.0 Å².